The van der Waals surface area contributed by atoms with Crippen molar-refractivity contribution < 1.29 is 9.53 Å². The molecule has 1 aliphatic heterocycles. The molecule has 22 heavy (non-hydrogen) atoms. The van der Waals surface area contributed by atoms with Crippen molar-refractivity contribution in [2.75, 3.05) is 20.2 Å². The molecular weight excluding hydrogens is 296 g/mol. The summed E-state index contributed by atoms with van der Waals surface area (Å²) in [4.78, 5) is 19.4. The van der Waals surface area contributed by atoms with Crippen molar-refractivity contribution in [1.29, 1.82) is 0 Å². The van der Waals surface area contributed by atoms with Gasteiger partial charge in [0, 0.05) is 17.5 Å². The molecule has 5 heteroatoms. The molecule has 0 atom stereocenters. The van der Waals surface area contributed by atoms with Crippen LogP contribution in [0.5, 0.6) is 0 Å². The lowest BCUT2D eigenvalue weighted by Gasteiger charge is -2.19. The lowest BCUT2D eigenvalue weighted by molar-refractivity contribution is -0.142. The van der Waals surface area contributed by atoms with E-state index in [0.29, 0.717) is 19.6 Å². The van der Waals surface area contributed by atoms with Crippen LogP contribution in [0.4, 0.5) is 0 Å². The number of likely N-dealkylation sites (N-methyl/N-ethyl adjacent to an activating group) is 1. The second-order valence-electron chi connectivity index (χ2n) is 5.20. The molecule has 0 amide bonds. The summed E-state index contributed by atoms with van der Waals surface area (Å²) >= 11 is 1.57. The van der Waals surface area contributed by atoms with Gasteiger partial charge in [0.15, 0.2) is 0 Å². The minimum Gasteiger partial charge on any atom is -0.464 e. The number of hydrogen-bond acceptors (Lipinski definition) is 5. The van der Waals surface area contributed by atoms with Gasteiger partial charge in [-0.1, -0.05) is 30.3 Å². The Kier molecular flexibility index (Phi) is 4.53. The Morgan fingerprint density at radius 2 is 2.18 bits per heavy atom. The van der Waals surface area contributed by atoms with E-state index in [9.17, 15) is 4.79 Å². The van der Waals surface area contributed by atoms with Gasteiger partial charge in [-0.05, 0) is 17.0 Å². The molecule has 1 aromatic heterocycles. The normalized spacial score (nSPS) is 12.7. The summed E-state index contributed by atoms with van der Waals surface area (Å²) in [6.07, 6.45) is 0.352. The van der Waals surface area contributed by atoms with Gasteiger partial charge in [-0.25, -0.2) is 0 Å². The Labute approximate surface area is 134 Å². The van der Waals surface area contributed by atoms with Crippen LogP contribution in [0.25, 0.3) is 0 Å². The van der Waals surface area contributed by atoms with Gasteiger partial charge >= 0.3 is 5.97 Å². The first-order chi connectivity index (χ1) is 10.7. The lowest BCUT2D eigenvalue weighted by atomic mass is 10.1. The van der Waals surface area contributed by atoms with Crippen LogP contribution >= 0.6 is 11.3 Å². The number of hydrogen-bond donors (Lipinski definition) is 0. The van der Waals surface area contributed by atoms with Gasteiger partial charge < -0.3 is 9.64 Å². The van der Waals surface area contributed by atoms with E-state index in [1.807, 2.05) is 41.6 Å². The molecule has 0 aliphatic carbocycles. The van der Waals surface area contributed by atoms with E-state index in [2.05, 4.69) is 17.1 Å². The third kappa shape index (κ3) is 3.36. The molecule has 2 heterocycles. The molecule has 114 valence electrons. The Balaban J connectivity index is 1.47. The van der Waals surface area contributed by atoms with Crippen LogP contribution in [0.15, 0.2) is 46.8 Å². The van der Waals surface area contributed by atoms with E-state index in [4.69, 9.17) is 4.74 Å². The highest BCUT2D eigenvalue weighted by Crippen LogP contribution is 2.19. The first kappa shape index (κ1) is 14.8. The summed E-state index contributed by atoms with van der Waals surface area (Å²) in [5.41, 5.74) is 2.42. The number of rotatable bonds is 5. The van der Waals surface area contributed by atoms with Gasteiger partial charge in [0.2, 0.25) is 0 Å². The summed E-state index contributed by atoms with van der Waals surface area (Å²) in [5, 5.41) is 1.96. The standard InChI is InChI=1S/C17H18N2O2S/c1-19(17-15-7-3-2-5-13(15)12-18-17)8-9-21-16(20)11-14-6-4-10-22-14/h2-7,10H,8-9,11-12H2,1H3. The average molecular weight is 314 g/mol. The smallest absolute Gasteiger partial charge is 0.311 e. The maximum Gasteiger partial charge on any atom is 0.311 e. The number of amidine groups is 1. The zero-order valence-electron chi connectivity index (χ0n) is 12.5. The second kappa shape index (κ2) is 6.75. The molecule has 0 saturated carbocycles. The molecule has 0 radical (unpaired) electrons. The summed E-state index contributed by atoms with van der Waals surface area (Å²) in [5.74, 6) is 0.800. The van der Waals surface area contributed by atoms with E-state index in [1.54, 1.807) is 11.3 Å². The molecular formula is C17H18N2O2S. The van der Waals surface area contributed by atoms with Crippen molar-refractivity contribution in [3.8, 4) is 0 Å². The minimum absolute atomic E-state index is 0.176. The topological polar surface area (TPSA) is 41.9 Å². The van der Waals surface area contributed by atoms with E-state index in [-0.39, 0.29) is 5.97 Å². The van der Waals surface area contributed by atoms with Gasteiger partial charge in [0.05, 0.1) is 19.5 Å². The fourth-order valence-corrected chi connectivity index (χ4v) is 3.15. The van der Waals surface area contributed by atoms with Gasteiger partial charge in [-0.2, -0.15) is 0 Å². The number of carbonyl (C=O) groups is 1. The molecule has 0 spiro atoms. The number of ether oxygens (including phenoxy) is 1. The average Bonchev–Trinajstić information content (AvgIpc) is 3.16. The lowest BCUT2D eigenvalue weighted by Crippen LogP contribution is -2.30. The predicted octanol–water partition coefficient (Wildman–Crippen LogP) is 2.73. The molecule has 0 bridgehead atoms. The second-order valence-corrected chi connectivity index (χ2v) is 6.23. The first-order valence-corrected chi connectivity index (χ1v) is 8.14. The van der Waals surface area contributed by atoms with Crippen molar-refractivity contribution in [1.82, 2.24) is 4.90 Å². The quantitative estimate of drug-likeness (QED) is 0.797. The molecule has 0 unspecified atom stereocenters. The first-order valence-electron chi connectivity index (χ1n) is 7.26. The van der Waals surface area contributed by atoms with Gasteiger partial charge in [-0.15, -0.1) is 11.3 Å². The SMILES string of the molecule is CN(CCOC(=O)Cc1cccs1)C1=NCc2ccccc21. The highest BCUT2D eigenvalue weighted by molar-refractivity contribution is 7.10. The largest absolute Gasteiger partial charge is 0.464 e. The Morgan fingerprint density at radius 1 is 1.32 bits per heavy atom. The van der Waals surface area contributed by atoms with Crippen molar-refractivity contribution in [2.45, 2.75) is 13.0 Å². The van der Waals surface area contributed by atoms with Crippen LogP contribution in [0.2, 0.25) is 0 Å². The van der Waals surface area contributed by atoms with Crippen LogP contribution in [-0.2, 0) is 22.5 Å². The number of carbonyl (C=O) groups excluding carboxylic acids is 1. The Bertz CT molecular complexity index is 680. The number of nitrogens with zero attached hydrogens (tertiary/aromatic N) is 2. The third-order valence-corrected chi connectivity index (χ3v) is 4.48. The summed E-state index contributed by atoms with van der Waals surface area (Å²) in [6, 6.07) is 12.1. The van der Waals surface area contributed by atoms with E-state index in [1.165, 1.54) is 11.1 Å². The zero-order valence-corrected chi connectivity index (χ0v) is 13.3. The van der Waals surface area contributed by atoms with Crippen LogP contribution in [0.1, 0.15) is 16.0 Å². The monoisotopic (exact) mass is 314 g/mol. The molecule has 1 aromatic carbocycles. The van der Waals surface area contributed by atoms with Crippen LogP contribution in [-0.4, -0.2) is 36.9 Å². The predicted molar refractivity (Wildman–Crippen MR) is 88.3 cm³/mol. The fraction of sp³-hybridized carbons (Fsp3) is 0.294. The van der Waals surface area contributed by atoms with E-state index >= 15 is 0 Å². The Morgan fingerprint density at radius 3 is 3.00 bits per heavy atom. The van der Waals surface area contributed by atoms with Crippen LogP contribution < -0.4 is 0 Å². The fourth-order valence-electron chi connectivity index (χ4n) is 2.46. The van der Waals surface area contributed by atoms with Crippen molar-refractivity contribution in [2.24, 2.45) is 4.99 Å². The maximum atomic E-state index is 11.7. The van der Waals surface area contributed by atoms with Gasteiger partial charge in [0.1, 0.15) is 12.4 Å². The van der Waals surface area contributed by atoms with Crippen LogP contribution in [0, 0.1) is 0 Å². The summed E-state index contributed by atoms with van der Waals surface area (Å²) < 4.78 is 5.30. The molecule has 2 aromatic rings. The highest BCUT2D eigenvalue weighted by atomic mass is 32.1. The molecule has 3 rings (SSSR count). The number of fused-ring (bicyclic) bond motifs is 1. The van der Waals surface area contributed by atoms with Crippen molar-refractivity contribution in [3.05, 3.63) is 57.8 Å². The van der Waals surface area contributed by atoms with Crippen molar-refractivity contribution >= 4 is 23.1 Å². The van der Waals surface area contributed by atoms with Gasteiger partial charge in [0.25, 0.3) is 0 Å². The van der Waals surface area contributed by atoms with Crippen molar-refractivity contribution in [3.63, 3.8) is 0 Å². The summed E-state index contributed by atoms with van der Waals surface area (Å²) in [7, 11) is 1.98. The van der Waals surface area contributed by atoms with E-state index < -0.39 is 0 Å². The van der Waals surface area contributed by atoms with E-state index in [0.717, 1.165) is 17.3 Å². The third-order valence-electron chi connectivity index (χ3n) is 3.61. The Hall–Kier alpha value is -2.14. The zero-order chi connectivity index (χ0) is 15.4. The summed E-state index contributed by atoms with van der Waals surface area (Å²) in [6.45, 7) is 1.75. The molecule has 0 N–H and O–H groups in total. The molecule has 1 aliphatic rings. The number of benzene rings is 1. The number of thiophene rings is 1. The molecule has 0 saturated heterocycles. The number of esters is 1. The molecule has 4 nitrogen and oxygen atoms in total. The highest BCUT2D eigenvalue weighted by Gasteiger charge is 2.18. The van der Waals surface area contributed by atoms with Gasteiger partial charge in [-0.3, -0.25) is 9.79 Å². The molecule has 0 fully saturated rings. The van der Waals surface area contributed by atoms with Crippen LogP contribution in [0.3, 0.4) is 0 Å². The minimum atomic E-state index is -0.176. The maximum absolute atomic E-state index is 11.7. The number of aliphatic imine (C=N–C) groups is 1.